The lowest BCUT2D eigenvalue weighted by Gasteiger charge is -2.47. The van der Waals surface area contributed by atoms with E-state index in [0.717, 1.165) is 25.4 Å². The molecular formula is C16H31N3O. The fourth-order valence-electron chi connectivity index (χ4n) is 4.29. The first-order valence-electron chi connectivity index (χ1n) is 8.60. The van der Waals surface area contributed by atoms with Crippen LogP contribution in [0, 0.1) is 0 Å². The van der Waals surface area contributed by atoms with E-state index in [-0.39, 0.29) is 5.54 Å². The molecule has 3 fully saturated rings. The van der Waals surface area contributed by atoms with Gasteiger partial charge in [-0.15, -0.1) is 0 Å². The molecular weight excluding hydrogens is 250 g/mol. The van der Waals surface area contributed by atoms with Crippen molar-refractivity contribution < 1.29 is 5.11 Å². The van der Waals surface area contributed by atoms with Crippen LogP contribution in [-0.2, 0) is 0 Å². The van der Waals surface area contributed by atoms with Crippen molar-refractivity contribution in [3.63, 3.8) is 0 Å². The predicted molar refractivity (Wildman–Crippen MR) is 81.9 cm³/mol. The Morgan fingerprint density at radius 1 is 1.05 bits per heavy atom. The Labute approximate surface area is 123 Å². The number of likely N-dealkylation sites (N-methyl/N-ethyl adjacent to an activating group) is 1. The van der Waals surface area contributed by atoms with E-state index in [1.54, 1.807) is 0 Å². The Morgan fingerprint density at radius 3 is 2.25 bits per heavy atom. The van der Waals surface area contributed by atoms with Gasteiger partial charge in [-0.3, -0.25) is 9.80 Å². The van der Waals surface area contributed by atoms with Gasteiger partial charge in [0, 0.05) is 43.8 Å². The van der Waals surface area contributed by atoms with Gasteiger partial charge in [0.25, 0.3) is 0 Å². The van der Waals surface area contributed by atoms with Crippen LogP contribution in [0.4, 0.5) is 0 Å². The molecule has 3 aliphatic rings. The maximum atomic E-state index is 9.82. The minimum atomic E-state index is -0.00864. The number of aliphatic hydroxyl groups excluding tert-OH is 1. The van der Waals surface area contributed by atoms with Gasteiger partial charge in [-0.25, -0.2) is 0 Å². The molecule has 0 radical (unpaired) electrons. The van der Waals surface area contributed by atoms with Crippen LogP contribution in [0.15, 0.2) is 0 Å². The van der Waals surface area contributed by atoms with Crippen LogP contribution in [0.1, 0.15) is 45.4 Å². The first-order valence-corrected chi connectivity index (χ1v) is 8.60. The highest BCUT2D eigenvalue weighted by molar-refractivity contribution is 4.97. The van der Waals surface area contributed by atoms with E-state index in [1.807, 2.05) is 0 Å². The molecule has 0 bridgehead atoms. The van der Waals surface area contributed by atoms with Crippen molar-refractivity contribution >= 4 is 0 Å². The standard InChI is InChI=1S/C16H31N3O/c1-2-17-16(13-20)7-3-4-15(12-16)19-10-8-18(9-11-19)14-5-6-14/h14-15,17,20H,2-13H2,1H3. The van der Waals surface area contributed by atoms with E-state index in [1.165, 1.54) is 51.9 Å². The van der Waals surface area contributed by atoms with Crippen molar-refractivity contribution in [3.8, 4) is 0 Å². The van der Waals surface area contributed by atoms with E-state index in [2.05, 4.69) is 22.0 Å². The van der Waals surface area contributed by atoms with Crippen molar-refractivity contribution in [1.29, 1.82) is 0 Å². The number of piperazine rings is 1. The fourth-order valence-corrected chi connectivity index (χ4v) is 4.29. The molecule has 3 rings (SSSR count). The van der Waals surface area contributed by atoms with Crippen LogP contribution < -0.4 is 5.32 Å². The predicted octanol–water partition coefficient (Wildman–Crippen LogP) is 1.05. The number of aliphatic hydroxyl groups is 1. The average Bonchev–Trinajstić information content (AvgIpc) is 3.33. The highest BCUT2D eigenvalue weighted by atomic mass is 16.3. The Balaban J connectivity index is 1.54. The first kappa shape index (κ1) is 14.8. The molecule has 1 saturated heterocycles. The second kappa shape index (κ2) is 6.30. The third-order valence-electron chi connectivity index (χ3n) is 5.60. The van der Waals surface area contributed by atoms with Gasteiger partial charge >= 0.3 is 0 Å². The highest BCUT2D eigenvalue weighted by Crippen LogP contribution is 2.33. The molecule has 2 N–H and O–H groups in total. The number of hydrogen-bond donors (Lipinski definition) is 2. The third kappa shape index (κ3) is 3.19. The van der Waals surface area contributed by atoms with Gasteiger partial charge in [-0.1, -0.05) is 6.92 Å². The smallest absolute Gasteiger partial charge is 0.0613 e. The molecule has 0 aromatic carbocycles. The molecule has 2 saturated carbocycles. The number of nitrogens with one attached hydrogen (secondary N) is 1. The summed E-state index contributed by atoms with van der Waals surface area (Å²) in [5, 5.41) is 13.4. The molecule has 0 amide bonds. The van der Waals surface area contributed by atoms with E-state index >= 15 is 0 Å². The molecule has 20 heavy (non-hydrogen) atoms. The van der Waals surface area contributed by atoms with Gasteiger partial charge in [0.2, 0.25) is 0 Å². The van der Waals surface area contributed by atoms with E-state index in [0.29, 0.717) is 12.6 Å². The highest BCUT2D eigenvalue weighted by Gasteiger charge is 2.39. The van der Waals surface area contributed by atoms with Gasteiger partial charge in [0.1, 0.15) is 0 Å². The Hall–Kier alpha value is -0.160. The van der Waals surface area contributed by atoms with E-state index < -0.39 is 0 Å². The van der Waals surface area contributed by atoms with Gasteiger partial charge in [0.15, 0.2) is 0 Å². The maximum Gasteiger partial charge on any atom is 0.0613 e. The van der Waals surface area contributed by atoms with Crippen molar-refractivity contribution in [2.75, 3.05) is 39.3 Å². The summed E-state index contributed by atoms with van der Waals surface area (Å²) >= 11 is 0. The second-order valence-corrected chi connectivity index (χ2v) is 7.02. The Morgan fingerprint density at radius 2 is 1.70 bits per heavy atom. The van der Waals surface area contributed by atoms with Crippen LogP contribution in [0.2, 0.25) is 0 Å². The van der Waals surface area contributed by atoms with Crippen LogP contribution >= 0.6 is 0 Å². The van der Waals surface area contributed by atoms with Gasteiger partial charge in [0.05, 0.1) is 6.61 Å². The number of rotatable bonds is 5. The largest absolute Gasteiger partial charge is 0.394 e. The van der Waals surface area contributed by atoms with E-state index in [4.69, 9.17) is 0 Å². The third-order valence-corrected chi connectivity index (χ3v) is 5.60. The molecule has 2 aliphatic carbocycles. The van der Waals surface area contributed by atoms with Crippen LogP contribution in [0.25, 0.3) is 0 Å². The van der Waals surface area contributed by atoms with Gasteiger partial charge < -0.3 is 10.4 Å². The van der Waals surface area contributed by atoms with Gasteiger partial charge in [-0.05, 0) is 45.1 Å². The van der Waals surface area contributed by atoms with Crippen LogP contribution in [0.3, 0.4) is 0 Å². The molecule has 0 aromatic heterocycles. The first-order chi connectivity index (χ1) is 9.76. The Kier molecular flexibility index (Phi) is 4.65. The fraction of sp³-hybridized carbons (Fsp3) is 1.00. The summed E-state index contributed by atoms with van der Waals surface area (Å²) in [6.45, 7) is 8.38. The summed E-state index contributed by atoms with van der Waals surface area (Å²) in [6, 6.07) is 1.60. The van der Waals surface area contributed by atoms with Crippen molar-refractivity contribution in [2.45, 2.75) is 63.1 Å². The molecule has 1 heterocycles. The monoisotopic (exact) mass is 281 g/mol. The van der Waals surface area contributed by atoms with Crippen molar-refractivity contribution in [2.24, 2.45) is 0 Å². The molecule has 116 valence electrons. The van der Waals surface area contributed by atoms with Crippen molar-refractivity contribution in [1.82, 2.24) is 15.1 Å². The summed E-state index contributed by atoms with van der Waals surface area (Å²) in [5.74, 6) is 0. The molecule has 4 heteroatoms. The molecule has 0 spiro atoms. The summed E-state index contributed by atoms with van der Waals surface area (Å²) in [5.41, 5.74) is -0.00864. The van der Waals surface area contributed by atoms with Crippen LogP contribution in [0.5, 0.6) is 0 Å². The summed E-state index contributed by atoms with van der Waals surface area (Å²) in [4.78, 5) is 5.38. The minimum absolute atomic E-state index is 0.00864. The zero-order valence-electron chi connectivity index (χ0n) is 13.0. The average molecular weight is 281 g/mol. The maximum absolute atomic E-state index is 9.82. The lowest BCUT2D eigenvalue weighted by molar-refractivity contribution is 0.0314. The van der Waals surface area contributed by atoms with E-state index in [9.17, 15) is 5.11 Å². The summed E-state index contributed by atoms with van der Waals surface area (Å²) in [7, 11) is 0. The number of hydrogen-bond acceptors (Lipinski definition) is 4. The lowest BCUT2D eigenvalue weighted by Crippen LogP contribution is -2.58. The van der Waals surface area contributed by atoms with Gasteiger partial charge in [-0.2, -0.15) is 0 Å². The molecule has 1 aliphatic heterocycles. The summed E-state index contributed by atoms with van der Waals surface area (Å²) < 4.78 is 0. The quantitative estimate of drug-likeness (QED) is 0.790. The SMILES string of the molecule is CCNC1(CO)CCCC(N2CCN(C3CC3)CC2)C1. The molecule has 2 atom stereocenters. The summed E-state index contributed by atoms with van der Waals surface area (Å²) in [6.07, 6.45) is 7.68. The molecule has 2 unspecified atom stereocenters. The minimum Gasteiger partial charge on any atom is -0.394 e. The second-order valence-electron chi connectivity index (χ2n) is 7.02. The normalized spacial score (nSPS) is 37.2. The zero-order valence-corrected chi connectivity index (χ0v) is 13.0. The topological polar surface area (TPSA) is 38.7 Å². The molecule has 0 aromatic rings. The zero-order chi connectivity index (χ0) is 14.0. The van der Waals surface area contributed by atoms with Crippen LogP contribution in [-0.4, -0.2) is 71.9 Å². The Bertz CT molecular complexity index is 309. The lowest BCUT2D eigenvalue weighted by atomic mass is 9.78. The van der Waals surface area contributed by atoms with Crippen molar-refractivity contribution in [3.05, 3.63) is 0 Å². The molecule has 4 nitrogen and oxygen atoms in total. The number of nitrogens with zero attached hydrogens (tertiary/aromatic N) is 2.